The van der Waals surface area contributed by atoms with E-state index in [1.807, 2.05) is 12.1 Å². The topological polar surface area (TPSA) is 132 Å². The third-order valence-electron chi connectivity index (χ3n) is 6.31. The number of hydrogen-bond acceptors (Lipinski definition) is 7. The van der Waals surface area contributed by atoms with Crippen molar-refractivity contribution in [2.24, 2.45) is 5.73 Å². The van der Waals surface area contributed by atoms with Crippen LogP contribution in [0.3, 0.4) is 0 Å². The second-order valence-corrected chi connectivity index (χ2v) is 8.87. The Morgan fingerprint density at radius 3 is 2.63 bits per heavy atom. The lowest BCUT2D eigenvalue weighted by Gasteiger charge is -2.14. The Hall–Kier alpha value is -4.64. The van der Waals surface area contributed by atoms with Crippen molar-refractivity contribution < 1.29 is 23.5 Å². The van der Waals surface area contributed by atoms with Gasteiger partial charge in [0, 0.05) is 24.9 Å². The Labute approximate surface area is 217 Å². The maximum Gasteiger partial charge on any atom is 0.414 e. The molecule has 1 aliphatic rings. The van der Waals surface area contributed by atoms with Gasteiger partial charge in [0.1, 0.15) is 17.3 Å². The quantitative estimate of drug-likeness (QED) is 0.327. The zero-order chi connectivity index (χ0) is 26.6. The number of para-hydroxylation sites is 1. The molecule has 194 valence electrons. The van der Waals surface area contributed by atoms with Gasteiger partial charge in [0.25, 0.3) is 0 Å². The van der Waals surface area contributed by atoms with E-state index >= 15 is 4.39 Å². The van der Waals surface area contributed by atoms with Crippen LogP contribution in [-0.4, -0.2) is 52.0 Å². The molecule has 3 aromatic carbocycles. The number of fused-ring (bicyclic) bond motifs is 1. The van der Waals surface area contributed by atoms with E-state index in [2.05, 4.69) is 15.6 Å². The summed E-state index contributed by atoms with van der Waals surface area (Å²) in [5.74, 6) is -1.06. The summed E-state index contributed by atoms with van der Waals surface area (Å²) in [5.41, 5.74) is 8.81. The molecule has 0 aliphatic carbocycles. The molecule has 4 aromatic rings. The van der Waals surface area contributed by atoms with Gasteiger partial charge in [0.2, 0.25) is 5.91 Å². The van der Waals surface area contributed by atoms with E-state index in [1.54, 1.807) is 42.5 Å². The fourth-order valence-electron chi connectivity index (χ4n) is 4.24. The number of hydrogen-bond donors (Lipinski definition) is 2. The molecule has 0 bridgehead atoms. The van der Waals surface area contributed by atoms with E-state index in [9.17, 15) is 14.4 Å². The Bertz CT molecular complexity index is 1500. The van der Waals surface area contributed by atoms with Crippen LogP contribution >= 0.6 is 0 Å². The average molecular weight is 517 g/mol. The minimum atomic E-state index is -0.640. The molecule has 1 fully saturated rings. The number of ether oxygens (including phenoxy) is 1. The maximum atomic E-state index is 15.0. The monoisotopic (exact) mass is 516 g/mol. The minimum Gasteiger partial charge on any atom is -0.442 e. The minimum absolute atomic E-state index is 0.00545. The van der Waals surface area contributed by atoms with E-state index in [-0.39, 0.29) is 43.3 Å². The molecule has 38 heavy (non-hydrogen) atoms. The zero-order valence-electron chi connectivity index (χ0n) is 20.3. The van der Waals surface area contributed by atoms with E-state index < -0.39 is 18.0 Å². The first-order chi connectivity index (χ1) is 18.4. The number of Topliss-reactive ketones (excluding diaryl/α,β-unsaturated/α-hetero) is 1. The summed E-state index contributed by atoms with van der Waals surface area (Å²) in [6.07, 6.45) is -1.20. The number of aromatic nitrogens is 3. The van der Waals surface area contributed by atoms with Gasteiger partial charge in [-0.15, -0.1) is 5.10 Å². The molecule has 2 heterocycles. The normalized spacial score (nSPS) is 15.1. The number of nitrogens with two attached hydrogens (primary N) is 1. The zero-order valence-corrected chi connectivity index (χ0v) is 20.3. The first-order valence-electron chi connectivity index (χ1n) is 12.1. The van der Waals surface area contributed by atoms with Gasteiger partial charge in [-0.3, -0.25) is 14.5 Å². The largest absolute Gasteiger partial charge is 0.442 e. The number of nitrogens with one attached hydrogen (secondary N) is 1. The molecule has 0 unspecified atom stereocenters. The Kier molecular flexibility index (Phi) is 7.09. The molecule has 5 rings (SSSR count). The van der Waals surface area contributed by atoms with Gasteiger partial charge in [0.05, 0.1) is 24.3 Å². The Morgan fingerprint density at radius 1 is 1.08 bits per heavy atom. The summed E-state index contributed by atoms with van der Waals surface area (Å²) in [6, 6.07) is 18.5. The van der Waals surface area contributed by atoms with Crippen molar-refractivity contribution in [1.82, 2.24) is 20.3 Å². The number of amides is 2. The van der Waals surface area contributed by atoms with E-state index in [1.165, 1.54) is 21.7 Å². The van der Waals surface area contributed by atoms with Gasteiger partial charge in [-0.1, -0.05) is 41.6 Å². The molecular formula is C27H25FN6O4. The number of carbonyl (C=O) groups excluding carboxylic acids is 3. The lowest BCUT2D eigenvalue weighted by atomic mass is 10.0. The van der Waals surface area contributed by atoms with Crippen LogP contribution in [0, 0.1) is 5.82 Å². The predicted octanol–water partition coefficient (Wildman–Crippen LogP) is 3.12. The van der Waals surface area contributed by atoms with Crippen molar-refractivity contribution in [2.75, 3.05) is 18.0 Å². The molecule has 1 saturated heterocycles. The van der Waals surface area contributed by atoms with Crippen LogP contribution in [-0.2, 0) is 16.1 Å². The highest BCUT2D eigenvalue weighted by Crippen LogP contribution is 2.26. The third kappa shape index (κ3) is 5.23. The molecule has 1 aromatic heterocycles. The second kappa shape index (κ2) is 10.8. The molecule has 0 saturated carbocycles. The van der Waals surface area contributed by atoms with Crippen LogP contribution < -0.4 is 16.0 Å². The van der Waals surface area contributed by atoms with Crippen molar-refractivity contribution in [3.8, 4) is 5.69 Å². The molecule has 1 atom stereocenters. The van der Waals surface area contributed by atoms with Crippen molar-refractivity contribution >= 4 is 34.5 Å². The molecule has 11 heteroatoms. The number of ketones is 1. The van der Waals surface area contributed by atoms with Gasteiger partial charge in [-0.05, 0) is 35.9 Å². The number of anilines is 1. The first-order valence-corrected chi connectivity index (χ1v) is 12.1. The van der Waals surface area contributed by atoms with Crippen LogP contribution in [0.2, 0.25) is 0 Å². The smallest absolute Gasteiger partial charge is 0.414 e. The number of rotatable bonds is 9. The summed E-state index contributed by atoms with van der Waals surface area (Å²) < 4.78 is 21.8. The average Bonchev–Trinajstić information content (AvgIpc) is 3.53. The summed E-state index contributed by atoms with van der Waals surface area (Å²) in [7, 11) is 0. The summed E-state index contributed by atoms with van der Waals surface area (Å²) >= 11 is 0. The van der Waals surface area contributed by atoms with Crippen LogP contribution in [0.15, 0.2) is 66.7 Å². The SMILES string of the molecule is NCc1ccc(C(=O)CCC(=O)NC[C@H]2CN(c3ccc(-n4nnc5ccccc54)c(F)c3)C(=O)O2)cc1. The molecule has 0 radical (unpaired) electrons. The fourth-order valence-corrected chi connectivity index (χ4v) is 4.24. The molecule has 2 amide bonds. The molecule has 10 nitrogen and oxygen atoms in total. The second-order valence-electron chi connectivity index (χ2n) is 8.87. The van der Waals surface area contributed by atoms with Crippen LogP contribution in [0.4, 0.5) is 14.9 Å². The summed E-state index contributed by atoms with van der Waals surface area (Å²) in [5, 5.41) is 10.8. The first kappa shape index (κ1) is 25.0. The maximum absolute atomic E-state index is 15.0. The molecule has 1 aliphatic heterocycles. The summed E-state index contributed by atoms with van der Waals surface area (Å²) in [4.78, 5) is 38.3. The van der Waals surface area contributed by atoms with E-state index in [0.717, 1.165) is 5.56 Å². The highest BCUT2D eigenvalue weighted by Gasteiger charge is 2.33. The molecular weight excluding hydrogens is 491 g/mol. The standard InChI is InChI=1S/C27H25FN6O4/c28-21-13-19(9-10-23(21)34-24-4-2-1-3-22(24)31-32-34)33-16-20(38-27(33)37)15-30-26(36)12-11-25(35)18-7-5-17(14-29)6-8-18/h1-10,13,20H,11-12,14-16,29H2,(H,30,36)/t20-/m0/s1. The Morgan fingerprint density at radius 2 is 1.87 bits per heavy atom. The number of cyclic esters (lactones) is 1. The van der Waals surface area contributed by atoms with Gasteiger partial charge in [-0.25, -0.2) is 13.9 Å². The highest BCUT2D eigenvalue weighted by atomic mass is 19.1. The highest BCUT2D eigenvalue weighted by molar-refractivity contribution is 5.98. The van der Waals surface area contributed by atoms with Gasteiger partial charge in [-0.2, -0.15) is 0 Å². The number of halogens is 1. The van der Waals surface area contributed by atoms with Gasteiger partial charge >= 0.3 is 6.09 Å². The van der Waals surface area contributed by atoms with Crippen molar-refractivity contribution in [1.29, 1.82) is 0 Å². The molecule has 3 N–H and O–H groups in total. The number of benzene rings is 3. The van der Waals surface area contributed by atoms with Crippen LogP contribution in [0.1, 0.15) is 28.8 Å². The van der Waals surface area contributed by atoms with Crippen molar-refractivity contribution in [2.45, 2.75) is 25.5 Å². The predicted molar refractivity (Wildman–Crippen MR) is 137 cm³/mol. The van der Waals surface area contributed by atoms with E-state index in [0.29, 0.717) is 28.8 Å². The third-order valence-corrected chi connectivity index (χ3v) is 6.31. The molecule has 0 spiro atoms. The van der Waals surface area contributed by atoms with Crippen LogP contribution in [0.5, 0.6) is 0 Å². The van der Waals surface area contributed by atoms with Crippen molar-refractivity contribution in [3.63, 3.8) is 0 Å². The lowest BCUT2D eigenvalue weighted by Crippen LogP contribution is -2.34. The summed E-state index contributed by atoms with van der Waals surface area (Å²) in [6.45, 7) is 0.600. The number of carbonyl (C=O) groups is 3. The van der Waals surface area contributed by atoms with Gasteiger partial charge in [0.15, 0.2) is 11.6 Å². The van der Waals surface area contributed by atoms with E-state index in [4.69, 9.17) is 10.5 Å². The fraction of sp³-hybridized carbons (Fsp3) is 0.222. The van der Waals surface area contributed by atoms with Crippen molar-refractivity contribution in [3.05, 3.63) is 83.7 Å². The lowest BCUT2D eigenvalue weighted by molar-refractivity contribution is -0.121. The Balaban J connectivity index is 1.15. The number of nitrogens with zero attached hydrogens (tertiary/aromatic N) is 4. The van der Waals surface area contributed by atoms with Gasteiger partial charge < -0.3 is 15.8 Å². The van der Waals surface area contributed by atoms with Crippen LogP contribution in [0.25, 0.3) is 16.7 Å².